The van der Waals surface area contributed by atoms with Crippen LogP contribution >= 0.6 is 11.6 Å². The zero-order chi connectivity index (χ0) is 24.8. The van der Waals surface area contributed by atoms with Crippen molar-refractivity contribution in [1.82, 2.24) is 0 Å². The summed E-state index contributed by atoms with van der Waals surface area (Å²) in [6.45, 7) is 1.10. The highest BCUT2D eigenvalue weighted by Crippen LogP contribution is 2.32. The van der Waals surface area contributed by atoms with Crippen LogP contribution in [0.1, 0.15) is 17.5 Å². The Labute approximate surface area is 207 Å². The third-order valence-electron chi connectivity index (χ3n) is 5.16. The number of esters is 1. The molecule has 1 heterocycles. The van der Waals surface area contributed by atoms with Crippen LogP contribution in [0.25, 0.3) is 0 Å². The number of ether oxygens (including phenoxy) is 3. The number of aryl methyl sites for hydroxylation is 2. The molecule has 8 nitrogen and oxygen atoms in total. The molecule has 3 aromatic rings. The van der Waals surface area contributed by atoms with Crippen LogP contribution in [-0.2, 0) is 25.5 Å². The van der Waals surface area contributed by atoms with Gasteiger partial charge in [-0.05, 0) is 67.4 Å². The maximum atomic E-state index is 12.4. The predicted octanol–water partition coefficient (Wildman–Crippen LogP) is 4.89. The van der Waals surface area contributed by atoms with E-state index in [0.717, 1.165) is 16.8 Å². The van der Waals surface area contributed by atoms with E-state index in [9.17, 15) is 14.4 Å². The molecule has 3 aromatic carbocycles. The van der Waals surface area contributed by atoms with Crippen molar-refractivity contribution in [3.63, 3.8) is 0 Å². The fourth-order valence-electron chi connectivity index (χ4n) is 3.39. The first-order valence-corrected chi connectivity index (χ1v) is 11.3. The fourth-order valence-corrected chi connectivity index (χ4v) is 3.56. The Hall–Kier alpha value is -4.04. The highest BCUT2D eigenvalue weighted by atomic mass is 35.5. The normalized spacial score (nSPS) is 12.2. The number of halogens is 1. The van der Waals surface area contributed by atoms with Crippen LogP contribution in [0.4, 0.5) is 11.4 Å². The summed E-state index contributed by atoms with van der Waals surface area (Å²) in [5, 5.41) is 5.84. The molecule has 4 rings (SSSR count). The van der Waals surface area contributed by atoms with Crippen molar-refractivity contribution in [3.8, 4) is 17.2 Å². The van der Waals surface area contributed by atoms with Gasteiger partial charge in [0.05, 0.1) is 5.69 Å². The van der Waals surface area contributed by atoms with Gasteiger partial charge in [0.2, 0.25) is 5.91 Å². The third kappa shape index (κ3) is 6.74. The topological polar surface area (TPSA) is 103 Å². The minimum absolute atomic E-state index is 0.0281. The summed E-state index contributed by atoms with van der Waals surface area (Å²) in [6.07, 6.45) is 1.00. The average Bonchev–Trinajstić information content (AvgIpc) is 2.84. The molecule has 0 aliphatic carbocycles. The van der Waals surface area contributed by atoms with E-state index in [1.807, 2.05) is 31.2 Å². The minimum Gasteiger partial charge on any atom is -0.482 e. The molecule has 0 saturated heterocycles. The molecule has 0 bridgehead atoms. The van der Waals surface area contributed by atoms with Gasteiger partial charge in [-0.3, -0.25) is 9.59 Å². The van der Waals surface area contributed by atoms with Crippen LogP contribution in [0.3, 0.4) is 0 Å². The molecule has 0 spiro atoms. The van der Waals surface area contributed by atoms with Gasteiger partial charge in [0.15, 0.2) is 19.0 Å². The summed E-state index contributed by atoms with van der Waals surface area (Å²) >= 11 is 6.07. The zero-order valence-electron chi connectivity index (χ0n) is 18.9. The quantitative estimate of drug-likeness (QED) is 0.432. The van der Waals surface area contributed by atoms with E-state index >= 15 is 0 Å². The molecule has 9 heteroatoms. The van der Waals surface area contributed by atoms with Crippen LogP contribution in [0.5, 0.6) is 17.2 Å². The molecule has 1 aliphatic rings. The van der Waals surface area contributed by atoms with E-state index in [-0.39, 0.29) is 12.5 Å². The van der Waals surface area contributed by atoms with Crippen LogP contribution in [0.15, 0.2) is 60.7 Å². The molecule has 0 fully saturated rings. The van der Waals surface area contributed by atoms with Crippen molar-refractivity contribution < 1.29 is 28.6 Å². The SMILES string of the molecule is Cc1ccc(Oc2ccc(Cl)cc2NC(=O)COC(=O)COc2ccc3c(c2)CCC(=O)N3)cc1. The van der Waals surface area contributed by atoms with Crippen molar-refractivity contribution in [1.29, 1.82) is 0 Å². The Morgan fingerprint density at radius 2 is 1.74 bits per heavy atom. The first-order chi connectivity index (χ1) is 16.9. The lowest BCUT2D eigenvalue weighted by molar-refractivity contribution is -0.149. The fraction of sp³-hybridized carbons (Fsp3) is 0.192. The molecule has 0 atom stereocenters. The van der Waals surface area contributed by atoms with Gasteiger partial charge in [-0.15, -0.1) is 0 Å². The summed E-state index contributed by atoms with van der Waals surface area (Å²) in [5.74, 6) is 0.177. The van der Waals surface area contributed by atoms with Gasteiger partial charge in [0.1, 0.15) is 11.5 Å². The maximum absolute atomic E-state index is 12.4. The van der Waals surface area contributed by atoms with E-state index in [0.29, 0.717) is 40.8 Å². The number of anilines is 2. The molecule has 0 saturated carbocycles. The molecule has 2 N–H and O–H groups in total. The lowest BCUT2D eigenvalue weighted by Crippen LogP contribution is -2.24. The van der Waals surface area contributed by atoms with Crippen molar-refractivity contribution >= 4 is 40.8 Å². The van der Waals surface area contributed by atoms with Gasteiger partial charge < -0.3 is 24.8 Å². The Morgan fingerprint density at radius 3 is 2.54 bits per heavy atom. The van der Waals surface area contributed by atoms with E-state index in [1.54, 1.807) is 36.4 Å². The van der Waals surface area contributed by atoms with Crippen molar-refractivity contribution in [2.24, 2.45) is 0 Å². The number of amides is 2. The number of hydrogen-bond acceptors (Lipinski definition) is 6. The standard InChI is InChI=1S/C26H23ClN2O6/c1-16-2-6-19(7-3-16)35-23-10-5-18(27)13-22(23)29-25(31)14-34-26(32)15-33-20-8-9-21-17(12-20)4-11-24(30)28-21/h2-3,5-10,12-13H,4,11,14-15H2,1H3,(H,28,30)(H,29,31). The number of carbonyl (C=O) groups is 3. The molecule has 35 heavy (non-hydrogen) atoms. The van der Waals surface area contributed by atoms with Gasteiger partial charge >= 0.3 is 5.97 Å². The Morgan fingerprint density at radius 1 is 0.971 bits per heavy atom. The minimum atomic E-state index is -0.701. The van der Waals surface area contributed by atoms with Crippen LogP contribution < -0.4 is 20.1 Å². The molecule has 2 amide bonds. The maximum Gasteiger partial charge on any atom is 0.344 e. The summed E-state index contributed by atoms with van der Waals surface area (Å²) in [4.78, 5) is 35.9. The van der Waals surface area contributed by atoms with Crippen LogP contribution in [0.2, 0.25) is 5.02 Å². The Bertz CT molecular complexity index is 1260. The lowest BCUT2D eigenvalue weighted by Gasteiger charge is -2.17. The van der Waals surface area contributed by atoms with Crippen molar-refractivity contribution in [2.45, 2.75) is 19.8 Å². The highest BCUT2D eigenvalue weighted by Gasteiger charge is 2.16. The summed E-state index contributed by atoms with van der Waals surface area (Å²) in [7, 11) is 0. The first-order valence-electron chi connectivity index (χ1n) is 10.9. The van der Waals surface area contributed by atoms with Crippen LogP contribution in [-0.4, -0.2) is 31.0 Å². The predicted molar refractivity (Wildman–Crippen MR) is 131 cm³/mol. The van der Waals surface area contributed by atoms with Gasteiger partial charge in [0.25, 0.3) is 5.91 Å². The summed E-state index contributed by atoms with van der Waals surface area (Å²) in [5.41, 5.74) is 3.10. The van der Waals surface area contributed by atoms with Gasteiger partial charge in [-0.25, -0.2) is 4.79 Å². The smallest absolute Gasteiger partial charge is 0.344 e. The van der Waals surface area contributed by atoms with Crippen LogP contribution in [0, 0.1) is 6.92 Å². The Balaban J connectivity index is 1.28. The summed E-state index contributed by atoms with van der Waals surface area (Å²) in [6, 6.07) is 17.4. The van der Waals surface area contributed by atoms with Gasteiger partial charge in [0, 0.05) is 17.1 Å². The second kappa shape index (κ2) is 10.9. The average molecular weight is 495 g/mol. The number of hydrogen-bond donors (Lipinski definition) is 2. The molecule has 0 radical (unpaired) electrons. The zero-order valence-corrected chi connectivity index (χ0v) is 19.7. The number of nitrogens with one attached hydrogen (secondary N) is 2. The van der Waals surface area contributed by atoms with E-state index < -0.39 is 18.5 Å². The molecule has 0 unspecified atom stereocenters. The number of benzene rings is 3. The van der Waals surface area contributed by atoms with Gasteiger partial charge in [-0.1, -0.05) is 29.3 Å². The molecule has 0 aromatic heterocycles. The highest BCUT2D eigenvalue weighted by molar-refractivity contribution is 6.31. The molecule has 180 valence electrons. The largest absolute Gasteiger partial charge is 0.482 e. The first kappa shape index (κ1) is 24.1. The molecule has 1 aliphatic heterocycles. The Kier molecular flexibility index (Phi) is 7.52. The van der Waals surface area contributed by atoms with E-state index in [2.05, 4.69) is 10.6 Å². The number of carbonyl (C=O) groups excluding carboxylic acids is 3. The van der Waals surface area contributed by atoms with Crippen molar-refractivity contribution in [3.05, 3.63) is 76.8 Å². The van der Waals surface area contributed by atoms with E-state index in [4.69, 9.17) is 25.8 Å². The van der Waals surface area contributed by atoms with Gasteiger partial charge in [-0.2, -0.15) is 0 Å². The number of rotatable bonds is 8. The molecular formula is C26H23ClN2O6. The van der Waals surface area contributed by atoms with E-state index in [1.165, 1.54) is 0 Å². The number of fused-ring (bicyclic) bond motifs is 1. The lowest BCUT2D eigenvalue weighted by atomic mass is 10.0. The van der Waals surface area contributed by atoms with Crippen molar-refractivity contribution in [2.75, 3.05) is 23.8 Å². The monoisotopic (exact) mass is 494 g/mol. The summed E-state index contributed by atoms with van der Waals surface area (Å²) < 4.78 is 16.3. The second-order valence-electron chi connectivity index (χ2n) is 7.92. The molecular weight excluding hydrogens is 472 g/mol. The third-order valence-corrected chi connectivity index (χ3v) is 5.39. The second-order valence-corrected chi connectivity index (χ2v) is 8.36.